The maximum absolute atomic E-state index is 4.50. The predicted molar refractivity (Wildman–Crippen MR) is 63.9 cm³/mol. The molecule has 2 atom stereocenters. The van der Waals surface area contributed by atoms with Gasteiger partial charge in [0.2, 0.25) is 0 Å². The summed E-state index contributed by atoms with van der Waals surface area (Å²) in [6.07, 6.45) is 2.55. The number of aliphatic imine (C=N–C) groups is 1. The van der Waals surface area contributed by atoms with Crippen LogP contribution in [-0.4, -0.2) is 23.5 Å². The van der Waals surface area contributed by atoms with Crippen molar-refractivity contribution >= 4 is 16.9 Å². The van der Waals surface area contributed by atoms with Gasteiger partial charge in [-0.25, -0.2) is 0 Å². The minimum Gasteiger partial charge on any atom is -0.362 e. The number of nitrogens with zero attached hydrogens (tertiary/aromatic N) is 1. The average Bonchev–Trinajstić information content (AvgIpc) is 2.80. The molecule has 1 N–H and O–H groups in total. The molecule has 0 spiro atoms. The Labute approximate surface area is 90.9 Å². The maximum Gasteiger partial charge on any atom is 0.156 e. The van der Waals surface area contributed by atoms with E-state index in [1.807, 2.05) is 11.8 Å². The fourth-order valence-electron chi connectivity index (χ4n) is 1.93. The molecule has 3 heteroatoms. The van der Waals surface area contributed by atoms with Crippen molar-refractivity contribution in [3.8, 4) is 0 Å². The Morgan fingerprint density at radius 2 is 2.36 bits per heavy atom. The van der Waals surface area contributed by atoms with Crippen LogP contribution >= 0.6 is 11.8 Å². The molecule has 1 fully saturated rings. The topological polar surface area (TPSA) is 24.4 Å². The number of hydrogen-bond acceptors (Lipinski definition) is 3. The highest BCUT2D eigenvalue weighted by Crippen LogP contribution is 2.51. The van der Waals surface area contributed by atoms with Crippen LogP contribution in [0, 0.1) is 11.3 Å². The van der Waals surface area contributed by atoms with Crippen LogP contribution in [0.2, 0.25) is 0 Å². The standard InChI is InChI=1S/C11H20N2S/c1-8(2)11(3)7-9(11)13-10-12-5-4-6-14-10/h8-9H,4-7H2,1-3H3,(H,12,13). The molecule has 1 aliphatic heterocycles. The van der Waals surface area contributed by atoms with Gasteiger partial charge in [-0.1, -0.05) is 32.5 Å². The molecular formula is C11H20N2S. The van der Waals surface area contributed by atoms with Crippen LogP contribution in [0.25, 0.3) is 0 Å². The Kier molecular flexibility index (Phi) is 2.78. The van der Waals surface area contributed by atoms with E-state index in [9.17, 15) is 0 Å². The molecule has 0 saturated heterocycles. The van der Waals surface area contributed by atoms with Crippen molar-refractivity contribution in [1.29, 1.82) is 0 Å². The Balaban J connectivity index is 1.86. The van der Waals surface area contributed by atoms with Crippen molar-refractivity contribution in [2.75, 3.05) is 12.3 Å². The molecule has 2 aliphatic rings. The molecule has 80 valence electrons. The summed E-state index contributed by atoms with van der Waals surface area (Å²) in [5.74, 6) is 2.01. The minimum atomic E-state index is 0.514. The molecule has 1 heterocycles. The number of nitrogens with one attached hydrogen (secondary N) is 1. The molecule has 2 rings (SSSR count). The van der Waals surface area contributed by atoms with Crippen LogP contribution in [-0.2, 0) is 0 Å². The van der Waals surface area contributed by atoms with Crippen molar-refractivity contribution in [3.05, 3.63) is 0 Å². The summed E-state index contributed by atoms with van der Waals surface area (Å²) in [6.45, 7) is 8.03. The largest absolute Gasteiger partial charge is 0.362 e. The fraction of sp³-hybridized carbons (Fsp3) is 0.909. The Bertz CT molecular complexity index is 250. The molecule has 1 aliphatic carbocycles. The summed E-state index contributed by atoms with van der Waals surface area (Å²) in [5, 5.41) is 4.76. The van der Waals surface area contributed by atoms with E-state index in [0.29, 0.717) is 11.5 Å². The van der Waals surface area contributed by atoms with Gasteiger partial charge in [0.1, 0.15) is 0 Å². The third-order valence-corrected chi connectivity index (χ3v) is 4.71. The van der Waals surface area contributed by atoms with Gasteiger partial charge in [0.15, 0.2) is 5.17 Å². The Morgan fingerprint density at radius 1 is 1.57 bits per heavy atom. The molecule has 2 unspecified atom stereocenters. The molecular weight excluding hydrogens is 192 g/mol. The summed E-state index contributed by atoms with van der Waals surface area (Å²) >= 11 is 1.88. The first-order valence-corrected chi connectivity index (χ1v) is 6.55. The molecule has 0 aromatic carbocycles. The first-order valence-electron chi connectivity index (χ1n) is 5.57. The molecule has 0 amide bonds. The van der Waals surface area contributed by atoms with Crippen LogP contribution in [0.15, 0.2) is 4.99 Å². The quantitative estimate of drug-likeness (QED) is 0.760. The van der Waals surface area contributed by atoms with Crippen molar-refractivity contribution in [3.63, 3.8) is 0 Å². The molecule has 1 saturated carbocycles. The van der Waals surface area contributed by atoms with Gasteiger partial charge in [0.25, 0.3) is 0 Å². The second-order valence-electron chi connectivity index (χ2n) is 4.95. The summed E-state index contributed by atoms with van der Waals surface area (Å²) < 4.78 is 0. The average molecular weight is 212 g/mol. The van der Waals surface area contributed by atoms with Crippen LogP contribution in [0.3, 0.4) is 0 Å². The SMILES string of the molecule is CC(C)C1(C)CC1NC1=NCCCS1. The monoisotopic (exact) mass is 212 g/mol. The zero-order chi connectivity index (χ0) is 10.2. The second-order valence-corrected chi connectivity index (χ2v) is 6.03. The predicted octanol–water partition coefficient (Wildman–Crippen LogP) is 2.50. The molecule has 0 radical (unpaired) electrons. The van der Waals surface area contributed by atoms with E-state index < -0.39 is 0 Å². The van der Waals surface area contributed by atoms with Crippen LogP contribution in [0.1, 0.15) is 33.6 Å². The summed E-state index contributed by atoms with van der Waals surface area (Å²) in [4.78, 5) is 4.50. The van der Waals surface area contributed by atoms with Crippen molar-refractivity contribution in [2.45, 2.75) is 39.7 Å². The molecule has 0 bridgehead atoms. The highest BCUT2D eigenvalue weighted by molar-refractivity contribution is 8.13. The summed E-state index contributed by atoms with van der Waals surface area (Å²) in [6, 6.07) is 0.673. The van der Waals surface area contributed by atoms with Crippen molar-refractivity contribution in [2.24, 2.45) is 16.3 Å². The lowest BCUT2D eigenvalue weighted by molar-refractivity contribution is 0.375. The maximum atomic E-state index is 4.50. The van der Waals surface area contributed by atoms with E-state index in [2.05, 4.69) is 31.1 Å². The first kappa shape index (κ1) is 10.3. The van der Waals surface area contributed by atoms with Crippen LogP contribution in [0.4, 0.5) is 0 Å². The zero-order valence-corrected chi connectivity index (χ0v) is 10.2. The van der Waals surface area contributed by atoms with Crippen molar-refractivity contribution < 1.29 is 0 Å². The lowest BCUT2D eigenvalue weighted by atomic mass is 9.94. The minimum absolute atomic E-state index is 0.514. The number of hydrogen-bond donors (Lipinski definition) is 1. The zero-order valence-electron chi connectivity index (χ0n) is 9.34. The smallest absolute Gasteiger partial charge is 0.156 e. The van der Waals surface area contributed by atoms with Crippen LogP contribution < -0.4 is 5.32 Å². The highest BCUT2D eigenvalue weighted by atomic mass is 32.2. The Morgan fingerprint density at radius 3 is 2.86 bits per heavy atom. The van der Waals surface area contributed by atoms with Gasteiger partial charge < -0.3 is 5.32 Å². The second kappa shape index (κ2) is 3.76. The van der Waals surface area contributed by atoms with E-state index in [1.165, 1.54) is 23.8 Å². The highest BCUT2D eigenvalue weighted by Gasteiger charge is 2.52. The Hall–Kier alpha value is -0.180. The molecule has 0 aromatic heterocycles. The number of amidine groups is 1. The molecule has 0 aromatic rings. The molecule has 14 heavy (non-hydrogen) atoms. The van der Waals surface area contributed by atoms with E-state index in [1.54, 1.807) is 0 Å². The van der Waals surface area contributed by atoms with E-state index in [0.717, 1.165) is 12.5 Å². The van der Waals surface area contributed by atoms with E-state index in [-0.39, 0.29) is 0 Å². The third kappa shape index (κ3) is 1.92. The van der Waals surface area contributed by atoms with Gasteiger partial charge >= 0.3 is 0 Å². The lowest BCUT2D eigenvalue weighted by Gasteiger charge is -2.18. The van der Waals surface area contributed by atoms with Crippen molar-refractivity contribution in [1.82, 2.24) is 5.32 Å². The van der Waals surface area contributed by atoms with E-state index >= 15 is 0 Å². The molecule has 2 nitrogen and oxygen atoms in total. The summed E-state index contributed by atoms with van der Waals surface area (Å²) in [7, 11) is 0. The normalized spacial score (nSPS) is 36.9. The third-order valence-electron chi connectivity index (χ3n) is 3.69. The van der Waals surface area contributed by atoms with Gasteiger partial charge in [0, 0.05) is 18.3 Å². The van der Waals surface area contributed by atoms with E-state index in [4.69, 9.17) is 0 Å². The van der Waals surface area contributed by atoms with Gasteiger partial charge in [-0.3, -0.25) is 4.99 Å². The van der Waals surface area contributed by atoms with Gasteiger partial charge in [0.05, 0.1) is 0 Å². The lowest BCUT2D eigenvalue weighted by Crippen LogP contribution is -2.30. The fourth-order valence-corrected chi connectivity index (χ4v) is 2.81. The van der Waals surface area contributed by atoms with Gasteiger partial charge in [-0.2, -0.15) is 0 Å². The van der Waals surface area contributed by atoms with Gasteiger partial charge in [-0.15, -0.1) is 0 Å². The number of thioether (sulfide) groups is 1. The summed E-state index contributed by atoms with van der Waals surface area (Å²) in [5.41, 5.74) is 0.514. The van der Waals surface area contributed by atoms with Gasteiger partial charge in [-0.05, 0) is 24.2 Å². The first-order chi connectivity index (χ1) is 6.63. The number of rotatable bonds is 2. The van der Waals surface area contributed by atoms with Crippen LogP contribution in [0.5, 0.6) is 0 Å².